The van der Waals surface area contributed by atoms with Crippen molar-refractivity contribution in [1.29, 1.82) is 0 Å². The Kier molecular flexibility index (Phi) is 5.04. The van der Waals surface area contributed by atoms with E-state index in [4.69, 9.17) is 9.26 Å². The lowest BCUT2D eigenvalue weighted by Crippen LogP contribution is -2.32. The number of nitrogens with one attached hydrogen (secondary N) is 2. The van der Waals surface area contributed by atoms with Crippen LogP contribution in [-0.4, -0.2) is 24.3 Å². The minimum Gasteiger partial charge on any atom is -0.491 e. The third-order valence-corrected chi connectivity index (χ3v) is 3.31. The second kappa shape index (κ2) is 6.98. The van der Waals surface area contributed by atoms with Crippen molar-refractivity contribution in [2.24, 2.45) is 0 Å². The monoisotopic (exact) mass is 303 g/mol. The molecule has 2 aromatic rings. The van der Waals surface area contributed by atoms with Crippen molar-refractivity contribution < 1.29 is 14.1 Å². The molecular formula is C16H21N3O3. The number of ether oxygens (including phenoxy) is 1. The highest BCUT2D eigenvalue weighted by atomic mass is 16.5. The molecule has 1 aromatic heterocycles. The smallest absolute Gasteiger partial charge is 0.320 e. The molecule has 118 valence electrons. The molecule has 0 unspecified atom stereocenters. The van der Waals surface area contributed by atoms with Gasteiger partial charge in [-0.05, 0) is 50.5 Å². The summed E-state index contributed by atoms with van der Waals surface area (Å²) in [7, 11) is 0. The molecule has 22 heavy (non-hydrogen) atoms. The summed E-state index contributed by atoms with van der Waals surface area (Å²) in [5.74, 6) is 1.88. The summed E-state index contributed by atoms with van der Waals surface area (Å²) in [4.78, 5) is 11.6. The number of hydrogen-bond acceptors (Lipinski definition) is 4. The zero-order valence-corrected chi connectivity index (χ0v) is 13.3. The Morgan fingerprint density at radius 2 is 1.86 bits per heavy atom. The van der Waals surface area contributed by atoms with Gasteiger partial charge in [0.1, 0.15) is 18.1 Å². The van der Waals surface area contributed by atoms with Crippen molar-refractivity contribution in [3.8, 4) is 5.75 Å². The average molecular weight is 303 g/mol. The number of urea groups is 1. The zero-order chi connectivity index (χ0) is 16.1. The molecule has 0 atom stereocenters. The molecule has 1 heterocycles. The van der Waals surface area contributed by atoms with Gasteiger partial charge in [0.25, 0.3) is 0 Å². The van der Waals surface area contributed by atoms with E-state index >= 15 is 0 Å². The van der Waals surface area contributed by atoms with Crippen molar-refractivity contribution in [2.75, 3.05) is 18.5 Å². The first kappa shape index (κ1) is 15.9. The van der Waals surface area contributed by atoms with Gasteiger partial charge in [0.05, 0.1) is 6.54 Å². The van der Waals surface area contributed by atoms with Crippen LogP contribution >= 0.6 is 0 Å². The first-order valence-corrected chi connectivity index (χ1v) is 7.14. The van der Waals surface area contributed by atoms with Crippen molar-refractivity contribution in [3.05, 3.63) is 40.6 Å². The molecule has 0 bridgehead atoms. The number of aryl methyl sites for hydroxylation is 4. The molecule has 0 aliphatic carbocycles. The minimum atomic E-state index is -0.339. The van der Waals surface area contributed by atoms with Crippen LogP contribution < -0.4 is 15.4 Å². The molecule has 0 spiro atoms. The molecule has 1 aromatic carbocycles. The SMILES string of the molecule is Cc1cc(NC(=O)NCCOc2cc(C)c(C)cc2C)no1. The fraction of sp³-hybridized carbons (Fsp3) is 0.375. The second-order valence-corrected chi connectivity index (χ2v) is 5.25. The van der Waals surface area contributed by atoms with E-state index in [0.29, 0.717) is 24.7 Å². The predicted molar refractivity (Wildman–Crippen MR) is 84.4 cm³/mol. The van der Waals surface area contributed by atoms with Crippen LogP contribution in [0.4, 0.5) is 10.6 Å². The van der Waals surface area contributed by atoms with Crippen molar-refractivity contribution >= 4 is 11.8 Å². The second-order valence-electron chi connectivity index (χ2n) is 5.25. The van der Waals surface area contributed by atoms with Crippen LogP contribution in [0.3, 0.4) is 0 Å². The predicted octanol–water partition coefficient (Wildman–Crippen LogP) is 3.11. The molecule has 0 radical (unpaired) electrons. The van der Waals surface area contributed by atoms with Crippen LogP contribution in [0.15, 0.2) is 22.7 Å². The molecule has 6 nitrogen and oxygen atoms in total. The number of anilines is 1. The van der Waals surface area contributed by atoms with Crippen LogP contribution in [0.1, 0.15) is 22.5 Å². The lowest BCUT2D eigenvalue weighted by Gasteiger charge is -2.12. The summed E-state index contributed by atoms with van der Waals surface area (Å²) in [6, 6.07) is 5.42. The number of carbonyl (C=O) groups is 1. The highest BCUT2D eigenvalue weighted by Crippen LogP contribution is 2.22. The van der Waals surface area contributed by atoms with E-state index < -0.39 is 0 Å². The van der Waals surface area contributed by atoms with E-state index in [9.17, 15) is 4.79 Å². The van der Waals surface area contributed by atoms with E-state index in [1.807, 2.05) is 19.9 Å². The maximum absolute atomic E-state index is 11.6. The molecule has 2 rings (SSSR count). The number of amides is 2. The van der Waals surface area contributed by atoms with E-state index in [1.165, 1.54) is 11.1 Å². The number of carbonyl (C=O) groups excluding carboxylic acids is 1. The Balaban J connectivity index is 1.75. The molecule has 0 saturated carbocycles. The van der Waals surface area contributed by atoms with Gasteiger partial charge in [-0.25, -0.2) is 4.79 Å². The Hall–Kier alpha value is -2.50. The van der Waals surface area contributed by atoms with Crippen molar-refractivity contribution in [1.82, 2.24) is 10.5 Å². The number of aromatic nitrogens is 1. The largest absolute Gasteiger partial charge is 0.491 e. The third kappa shape index (κ3) is 4.25. The van der Waals surface area contributed by atoms with Crippen molar-refractivity contribution in [2.45, 2.75) is 27.7 Å². The molecule has 2 N–H and O–H groups in total. The van der Waals surface area contributed by atoms with Gasteiger partial charge >= 0.3 is 6.03 Å². The van der Waals surface area contributed by atoms with Crippen LogP contribution in [0.2, 0.25) is 0 Å². The molecule has 6 heteroatoms. The van der Waals surface area contributed by atoms with E-state index in [0.717, 1.165) is 11.3 Å². The summed E-state index contributed by atoms with van der Waals surface area (Å²) in [6.45, 7) is 8.69. The van der Waals surface area contributed by atoms with Gasteiger partial charge in [0.15, 0.2) is 5.82 Å². The molecular weight excluding hydrogens is 282 g/mol. The highest BCUT2D eigenvalue weighted by Gasteiger charge is 2.06. The van der Waals surface area contributed by atoms with Crippen LogP contribution in [0.5, 0.6) is 5.75 Å². The van der Waals surface area contributed by atoms with E-state index in [2.05, 4.69) is 28.8 Å². The Bertz CT molecular complexity index is 665. The molecule has 0 aliphatic rings. The summed E-state index contributed by atoms with van der Waals surface area (Å²) in [5.41, 5.74) is 3.52. The summed E-state index contributed by atoms with van der Waals surface area (Å²) >= 11 is 0. The van der Waals surface area contributed by atoms with E-state index in [-0.39, 0.29) is 6.03 Å². The van der Waals surface area contributed by atoms with Crippen LogP contribution in [-0.2, 0) is 0 Å². The summed E-state index contributed by atoms with van der Waals surface area (Å²) < 4.78 is 10.6. The third-order valence-electron chi connectivity index (χ3n) is 3.31. The van der Waals surface area contributed by atoms with Gasteiger partial charge in [-0.2, -0.15) is 0 Å². The van der Waals surface area contributed by atoms with Crippen LogP contribution in [0, 0.1) is 27.7 Å². The topological polar surface area (TPSA) is 76.4 Å². The number of rotatable bonds is 5. The van der Waals surface area contributed by atoms with Gasteiger partial charge in [-0.3, -0.25) is 5.32 Å². The standard InChI is InChI=1S/C16H21N3O3/c1-10-7-12(3)14(8-11(10)2)21-6-5-17-16(20)18-15-9-13(4)22-19-15/h7-9H,5-6H2,1-4H3,(H2,17,18,19,20). The van der Waals surface area contributed by atoms with Gasteiger partial charge in [-0.1, -0.05) is 11.2 Å². The lowest BCUT2D eigenvalue weighted by molar-refractivity contribution is 0.247. The number of benzene rings is 1. The zero-order valence-electron chi connectivity index (χ0n) is 13.3. The molecule has 0 fully saturated rings. The normalized spacial score (nSPS) is 10.4. The van der Waals surface area contributed by atoms with E-state index in [1.54, 1.807) is 13.0 Å². The maximum atomic E-state index is 11.6. The first-order chi connectivity index (χ1) is 10.5. The van der Waals surface area contributed by atoms with Gasteiger partial charge in [-0.15, -0.1) is 0 Å². The van der Waals surface area contributed by atoms with Gasteiger partial charge in [0, 0.05) is 6.07 Å². The summed E-state index contributed by atoms with van der Waals surface area (Å²) in [6.07, 6.45) is 0. The summed E-state index contributed by atoms with van der Waals surface area (Å²) in [5, 5.41) is 8.96. The quantitative estimate of drug-likeness (QED) is 0.832. The number of nitrogens with zero attached hydrogens (tertiary/aromatic N) is 1. The molecule has 0 aliphatic heterocycles. The van der Waals surface area contributed by atoms with Crippen molar-refractivity contribution in [3.63, 3.8) is 0 Å². The fourth-order valence-electron chi connectivity index (χ4n) is 2.00. The number of hydrogen-bond donors (Lipinski definition) is 2. The van der Waals surface area contributed by atoms with Gasteiger partial charge < -0.3 is 14.6 Å². The maximum Gasteiger partial charge on any atom is 0.320 e. The Morgan fingerprint density at radius 1 is 1.14 bits per heavy atom. The lowest BCUT2D eigenvalue weighted by atomic mass is 10.1. The molecule has 0 saturated heterocycles. The molecule has 2 amide bonds. The Morgan fingerprint density at radius 3 is 2.55 bits per heavy atom. The Labute approximate surface area is 129 Å². The first-order valence-electron chi connectivity index (χ1n) is 7.14. The fourth-order valence-corrected chi connectivity index (χ4v) is 2.00. The minimum absolute atomic E-state index is 0.339. The average Bonchev–Trinajstić information content (AvgIpc) is 2.85. The van der Waals surface area contributed by atoms with Crippen LogP contribution in [0.25, 0.3) is 0 Å². The highest BCUT2D eigenvalue weighted by molar-refractivity contribution is 5.88. The van der Waals surface area contributed by atoms with Gasteiger partial charge in [0.2, 0.25) is 0 Å².